The van der Waals surface area contributed by atoms with Crippen molar-refractivity contribution in [2.45, 2.75) is 90.6 Å². The van der Waals surface area contributed by atoms with Crippen molar-refractivity contribution in [3.63, 3.8) is 0 Å². The van der Waals surface area contributed by atoms with Gasteiger partial charge in [-0.1, -0.05) is 52.9 Å². The van der Waals surface area contributed by atoms with Gasteiger partial charge in [-0.2, -0.15) is 0 Å². The van der Waals surface area contributed by atoms with Gasteiger partial charge in [-0.15, -0.1) is 0 Å². The highest BCUT2D eigenvalue weighted by molar-refractivity contribution is 6.00. The number of hydrogen-bond acceptors (Lipinski definition) is 3. The molecule has 2 aliphatic carbocycles. The van der Waals surface area contributed by atoms with E-state index in [9.17, 15) is 4.79 Å². The zero-order valence-corrected chi connectivity index (χ0v) is 18.5. The molecule has 2 unspecified atom stereocenters. The summed E-state index contributed by atoms with van der Waals surface area (Å²) in [5.41, 5.74) is 1.64. The molecule has 3 nitrogen and oxygen atoms in total. The third-order valence-corrected chi connectivity index (χ3v) is 6.81. The molecule has 0 radical (unpaired) electrons. The molecule has 0 heterocycles. The van der Waals surface area contributed by atoms with E-state index in [0.717, 1.165) is 23.2 Å². The van der Waals surface area contributed by atoms with Gasteiger partial charge in [-0.3, -0.25) is 4.79 Å². The summed E-state index contributed by atoms with van der Waals surface area (Å²) in [6.45, 7) is 7.16. The smallest absolute Gasteiger partial charge is 0.168 e. The number of carbonyl (C=O) groups is 1. The van der Waals surface area contributed by atoms with Gasteiger partial charge in [0.25, 0.3) is 0 Å². The molecule has 0 saturated heterocycles. The Morgan fingerprint density at radius 2 is 1.57 bits per heavy atom. The maximum Gasteiger partial charge on any atom is 0.168 e. The summed E-state index contributed by atoms with van der Waals surface area (Å²) in [6, 6.07) is 9.50. The number of Topliss-reactive ketones (excluding diaryl/α,β-unsaturated/α-hetero) is 1. The maximum absolute atomic E-state index is 12.5. The van der Waals surface area contributed by atoms with Crippen LogP contribution in [-0.4, -0.2) is 36.4 Å². The zero-order valence-electron chi connectivity index (χ0n) is 18.5. The first-order valence-electron chi connectivity index (χ1n) is 11.5. The Kier molecular flexibility index (Phi) is 7.20. The average Bonchev–Trinajstić information content (AvgIpc) is 2.69. The Balaban J connectivity index is 1.60. The standard InChI is InChI=1S/C25H40N2O/c1-25(2,3)24(28)19-14-16-21(17-15-19)26-23-13-9-8-10-20(23)18-27(4)22-11-6-5-7-12-22/h14-17,20,22-23,26H,5-13,18H2,1-4H3. The minimum absolute atomic E-state index is 0.212. The number of hydrogen-bond donors (Lipinski definition) is 1. The number of nitrogens with zero attached hydrogens (tertiary/aromatic N) is 1. The van der Waals surface area contributed by atoms with Crippen LogP contribution in [0, 0.1) is 11.3 Å². The molecule has 28 heavy (non-hydrogen) atoms. The van der Waals surface area contributed by atoms with Gasteiger partial charge in [-0.05, 0) is 62.9 Å². The third-order valence-electron chi connectivity index (χ3n) is 6.81. The molecule has 0 amide bonds. The molecule has 3 rings (SSSR count). The van der Waals surface area contributed by atoms with E-state index in [1.807, 2.05) is 32.9 Å². The van der Waals surface area contributed by atoms with Crippen LogP contribution >= 0.6 is 0 Å². The fourth-order valence-corrected chi connectivity index (χ4v) is 5.02. The van der Waals surface area contributed by atoms with Gasteiger partial charge in [0.15, 0.2) is 5.78 Å². The quantitative estimate of drug-likeness (QED) is 0.597. The first-order valence-corrected chi connectivity index (χ1v) is 11.5. The van der Waals surface area contributed by atoms with E-state index in [1.54, 1.807) is 0 Å². The molecular weight excluding hydrogens is 344 g/mol. The van der Waals surface area contributed by atoms with Gasteiger partial charge < -0.3 is 10.2 Å². The molecular formula is C25H40N2O. The Labute approximate surface area is 172 Å². The summed E-state index contributed by atoms with van der Waals surface area (Å²) >= 11 is 0. The molecule has 2 atom stereocenters. The van der Waals surface area contributed by atoms with Crippen LogP contribution < -0.4 is 5.32 Å². The van der Waals surface area contributed by atoms with Crippen molar-refractivity contribution in [1.82, 2.24) is 4.90 Å². The Hall–Kier alpha value is -1.35. The molecule has 1 aromatic rings. The summed E-state index contributed by atoms with van der Waals surface area (Å²) in [5, 5.41) is 3.81. The van der Waals surface area contributed by atoms with Crippen LogP contribution in [0.25, 0.3) is 0 Å². The normalized spacial score (nSPS) is 24.3. The predicted octanol–water partition coefficient (Wildman–Crippen LogP) is 6.15. The largest absolute Gasteiger partial charge is 0.382 e. The summed E-state index contributed by atoms with van der Waals surface area (Å²) in [5.74, 6) is 0.931. The minimum Gasteiger partial charge on any atom is -0.382 e. The van der Waals surface area contributed by atoms with E-state index in [-0.39, 0.29) is 11.2 Å². The third kappa shape index (κ3) is 5.59. The van der Waals surface area contributed by atoms with Gasteiger partial charge in [0.2, 0.25) is 0 Å². The van der Waals surface area contributed by atoms with Crippen molar-refractivity contribution >= 4 is 11.5 Å². The molecule has 2 aliphatic rings. The summed E-state index contributed by atoms with van der Waals surface area (Å²) in [7, 11) is 2.34. The summed E-state index contributed by atoms with van der Waals surface area (Å²) < 4.78 is 0. The van der Waals surface area contributed by atoms with Crippen LogP contribution in [0.1, 0.15) is 88.9 Å². The minimum atomic E-state index is -0.326. The van der Waals surface area contributed by atoms with Crippen molar-refractivity contribution in [2.24, 2.45) is 11.3 Å². The molecule has 2 saturated carbocycles. The summed E-state index contributed by atoms with van der Waals surface area (Å²) in [6.07, 6.45) is 12.3. The number of rotatable bonds is 6. The van der Waals surface area contributed by atoms with Crippen molar-refractivity contribution in [1.29, 1.82) is 0 Å². The zero-order chi connectivity index (χ0) is 20.1. The molecule has 0 spiro atoms. The highest BCUT2D eigenvalue weighted by Crippen LogP contribution is 2.30. The van der Waals surface area contributed by atoms with E-state index in [2.05, 4.69) is 29.4 Å². The SMILES string of the molecule is CN(CC1CCCCC1Nc1ccc(C(=O)C(C)(C)C)cc1)C1CCCCC1. The fraction of sp³-hybridized carbons (Fsp3) is 0.720. The van der Waals surface area contributed by atoms with Crippen LogP contribution in [0.3, 0.4) is 0 Å². The molecule has 0 bridgehead atoms. The van der Waals surface area contributed by atoms with Crippen LogP contribution in [0.4, 0.5) is 5.69 Å². The second-order valence-electron chi connectivity index (χ2n) is 10.2. The van der Waals surface area contributed by atoms with E-state index in [1.165, 1.54) is 64.3 Å². The van der Waals surface area contributed by atoms with Gasteiger partial charge >= 0.3 is 0 Å². The Morgan fingerprint density at radius 1 is 0.964 bits per heavy atom. The van der Waals surface area contributed by atoms with Gasteiger partial charge in [-0.25, -0.2) is 0 Å². The van der Waals surface area contributed by atoms with Gasteiger partial charge in [0.05, 0.1) is 0 Å². The Morgan fingerprint density at radius 3 is 2.21 bits per heavy atom. The molecule has 156 valence electrons. The topological polar surface area (TPSA) is 32.3 Å². The van der Waals surface area contributed by atoms with Gasteiger partial charge in [0.1, 0.15) is 0 Å². The molecule has 2 fully saturated rings. The van der Waals surface area contributed by atoms with Crippen molar-refractivity contribution in [3.8, 4) is 0 Å². The van der Waals surface area contributed by atoms with Crippen molar-refractivity contribution < 1.29 is 4.79 Å². The maximum atomic E-state index is 12.5. The fourth-order valence-electron chi connectivity index (χ4n) is 5.02. The highest BCUT2D eigenvalue weighted by atomic mass is 16.1. The predicted molar refractivity (Wildman–Crippen MR) is 119 cm³/mol. The lowest BCUT2D eigenvalue weighted by Crippen LogP contribution is -2.43. The second kappa shape index (κ2) is 9.43. The Bertz CT molecular complexity index is 625. The second-order valence-corrected chi connectivity index (χ2v) is 10.2. The number of nitrogens with one attached hydrogen (secondary N) is 1. The van der Waals surface area contributed by atoms with E-state index in [0.29, 0.717) is 6.04 Å². The van der Waals surface area contributed by atoms with E-state index >= 15 is 0 Å². The number of ketones is 1. The highest BCUT2D eigenvalue weighted by Gasteiger charge is 2.29. The van der Waals surface area contributed by atoms with Crippen molar-refractivity contribution in [3.05, 3.63) is 29.8 Å². The van der Waals surface area contributed by atoms with Crippen LogP contribution in [0.5, 0.6) is 0 Å². The molecule has 0 aromatic heterocycles. The number of anilines is 1. The lowest BCUT2D eigenvalue weighted by Gasteiger charge is -2.39. The number of benzene rings is 1. The molecule has 1 N–H and O–H groups in total. The first kappa shape index (κ1) is 21.4. The van der Waals surface area contributed by atoms with Crippen molar-refractivity contribution in [2.75, 3.05) is 18.9 Å². The average molecular weight is 385 g/mol. The first-order chi connectivity index (χ1) is 13.3. The molecule has 3 heteroatoms. The van der Waals surface area contributed by atoms with E-state index < -0.39 is 0 Å². The van der Waals surface area contributed by atoms with Gasteiger partial charge in [0, 0.05) is 35.3 Å². The van der Waals surface area contributed by atoms with E-state index in [4.69, 9.17) is 0 Å². The number of carbonyl (C=O) groups excluding carboxylic acids is 1. The van der Waals surface area contributed by atoms with Crippen LogP contribution in [0.15, 0.2) is 24.3 Å². The molecule has 0 aliphatic heterocycles. The lowest BCUT2D eigenvalue weighted by molar-refractivity contribution is 0.0858. The lowest BCUT2D eigenvalue weighted by atomic mass is 9.83. The van der Waals surface area contributed by atoms with Crippen LogP contribution in [0.2, 0.25) is 0 Å². The van der Waals surface area contributed by atoms with Crippen LogP contribution in [-0.2, 0) is 0 Å². The molecule has 1 aromatic carbocycles. The monoisotopic (exact) mass is 384 g/mol. The summed E-state index contributed by atoms with van der Waals surface area (Å²) in [4.78, 5) is 15.1.